The first-order valence-electron chi connectivity index (χ1n) is 9.32. The molecule has 1 unspecified atom stereocenters. The van der Waals surface area contributed by atoms with Gasteiger partial charge in [0.15, 0.2) is 0 Å². The van der Waals surface area contributed by atoms with E-state index in [0.29, 0.717) is 18.1 Å². The van der Waals surface area contributed by atoms with E-state index in [4.69, 9.17) is 9.26 Å². The molecule has 2 aliphatic rings. The van der Waals surface area contributed by atoms with E-state index in [0.717, 1.165) is 42.6 Å². The Labute approximate surface area is 157 Å². The first-order chi connectivity index (χ1) is 13.1. The SMILES string of the molecule is COc1ccccc1N1CC(C)N(C(=O)c2onc3c2CCCC3)CC1=O. The predicted molar refractivity (Wildman–Crippen MR) is 99.0 cm³/mol. The molecule has 2 amide bonds. The number of para-hydroxylation sites is 2. The number of amides is 2. The van der Waals surface area contributed by atoms with Crippen LogP contribution in [0.15, 0.2) is 28.8 Å². The lowest BCUT2D eigenvalue weighted by Gasteiger charge is -2.39. The highest BCUT2D eigenvalue weighted by atomic mass is 16.5. The first-order valence-corrected chi connectivity index (χ1v) is 9.32. The number of ether oxygens (including phenoxy) is 1. The van der Waals surface area contributed by atoms with Crippen molar-refractivity contribution in [2.24, 2.45) is 0 Å². The van der Waals surface area contributed by atoms with E-state index in [1.165, 1.54) is 0 Å². The van der Waals surface area contributed by atoms with Gasteiger partial charge in [-0.1, -0.05) is 17.3 Å². The van der Waals surface area contributed by atoms with Crippen molar-refractivity contribution in [3.63, 3.8) is 0 Å². The zero-order chi connectivity index (χ0) is 19.0. The number of carbonyl (C=O) groups is 2. The average molecular weight is 369 g/mol. The van der Waals surface area contributed by atoms with E-state index in [-0.39, 0.29) is 24.4 Å². The van der Waals surface area contributed by atoms with E-state index in [1.54, 1.807) is 16.9 Å². The molecule has 1 fully saturated rings. The van der Waals surface area contributed by atoms with Crippen molar-refractivity contribution >= 4 is 17.5 Å². The molecule has 142 valence electrons. The topological polar surface area (TPSA) is 75.9 Å². The van der Waals surface area contributed by atoms with Gasteiger partial charge in [0.25, 0.3) is 5.91 Å². The zero-order valence-corrected chi connectivity index (χ0v) is 15.6. The Morgan fingerprint density at radius 2 is 2.04 bits per heavy atom. The van der Waals surface area contributed by atoms with Crippen LogP contribution in [0, 0.1) is 0 Å². The van der Waals surface area contributed by atoms with Gasteiger partial charge in [0, 0.05) is 18.2 Å². The van der Waals surface area contributed by atoms with E-state index in [9.17, 15) is 9.59 Å². The maximum absolute atomic E-state index is 13.1. The molecule has 0 saturated carbocycles. The summed E-state index contributed by atoms with van der Waals surface area (Å²) in [5, 5.41) is 4.07. The lowest BCUT2D eigenvalue weighted by molar-refractivity contribution is -0.121. The molecule has 7 heteroatoms. The molecule has 1 aliphatic carbocycles. The number of aryl methyl sites for hydroxylation is 1. The highest BCUT2D eigenvalue weighted by molar-refractivity contribution is 6.02. The zero-order valence-electron chi connectivity index (χ0n) is 15.6. The highest BCUT2D eigenvalue weighted by Gasteiger charge is 2.37. The largest absolute Gasteiger partial charge is 0.495 e. The van der Waals surface area contributed by atoms with Crippen molar-refractivity contribution in [2.45, 2.75) is 38.6 Å². The minimum Gasteiger partial charge on any atom is -0.495 e. The summed E-state index contributed by atoms with van der Waals surface area (Å²) >= 11 is 0. The molecule has 0 N–H and O–H groups in total. The highest BCUT2D eigenvalue weighted by Crippen LogP contribution is 2.31. The number of anilines is 1. The number of aromatic nitrogens is 1. The molecule has 7 nitrogen and oxygen atoms in total. The third kappa shape index (κ3) is 3.07. The molecule has 27 heavy (non-hydrogen) atoms. The number of methoxy groups -OCH3 is 1. The number of piperazine rings is 1. The number of hydrogen-bond acceptors (Lipinski definition) is 5. The third-order valence-corrected chi connectivity index (χ3v) is 5.38. The monoisotopic (exact) mass is 369 g/mol. The molecule has 1 aromatic carbocycles. The molecule has 1 aromatic heterocycles. The fourth-order valence-corrected chi connectivity index (χ4v) is 3.90. The van der Waals surface area contributed by atoms with Crippen molar-refractivity contribution in [1.82, 2.24) is 10.1 Å². The van der Waals surface area contributed by atoms with Crippen molar-refractivity contribution in [2.75, 3.05) is 25.1 Å². The normalized spacial score (nSPS) is 19.8. The first kappa shape index (κ1) is 17.6. The van der Waals surface area contributed by atoms with Gasteiger partial charge < -0.3 is 19.1 Å². The van der Waals surface area contributed by atoms with Crippen molar-refractivity contribution in [3.8, 4) is 5.75 Å². The fourth-order valence-electron chi connectivity index (χ4n) is 3.90. The Morgan fingerprint density at radius 3 is 2.85 bits per heavy atom. The molecule has 2 aromatic rings. The molecule has 0 spiro atoms. The smallest absolute Gasteiger partial charge is 0.293 e. The summed E-state index contributed by atoms with van der Waals surface area (Å²) in [5.74, 6) is 0.558. The Balaban J connectivity index is 1.56. The maximum atomic E-state index is 13.1. The second-order valence-corrected chi connectivity index (χ2v) is 7.10. The average Bonchev–Trinajstić information content (AvgIpc) is 3.13. The predicted octanol–water partition coefficient (Wildman–Crippen LogP) is 2.44. The third-order valence-electron chi connectivity index (χ3n) is 5.38. The number of benzene rings is 1. The lowest BCUT2D eigenvalue weighted by atomic mass is 9.95. The summed E-state index contributed by atoms with van der Waals surface area (Å²) in [7, 11) is 1.58. The van der Waals surface area contributed by atoms with Crippen molar-refractivity contribution in [1.29, 1.82) is 0 Å². The molecule has 1 atom stereocenters. The number of fused-ring (bicyclic) bond motifs is 1. The van der Waals surface area contributed by atoms with Gasteiger partial charge in [0.05, 0.1) is 18.5 Å². The van der Waals surface area contributed by atoms with Crippen LogP contribution < -0.4 is 9.64 Å². The van der Waals surface area contributed by atoms with E-state index in [2.05, 4.69) is 5.16 Å². The minimum atomic E-state index is -0.244. The van der Waals surface area contributed by atoms with Gasteiger partial charge >= 0.3 is 0 Å². The van der Waals surface area contributed by atoms with Gasteiger partial charge in [-0.2, -0.15) is 0 Å². The van der Waals surface area contributed by atoms with Crippen LogP contribution >= 0.6 is 0 Å². The molecule has 1 aliphatic heterocycles. The van der Waals surface area contributed by atoms with E-state index < -0.39 is 0 Å². The maximum Gasteiger partial charge on any atom is 0.293 e. The number of carbonyl (C=O) groups excluding carboxylic acids is 2. The molecular formula is C20H23N3O4. The van der Waals surface area contributed by atoms with E-state index >= 15 is 0 Å². The number of hydrogen-bond donors (Lipinski definition) is 0. The number of nitrogens with zero attached hydrogens (tertiary/aromatic N) is 3. The van der Waals surface area contributed by atoms with Gasteiger partial charge in [-0.3, -0.25) is 9.59 Å². The summed E-state index contributed by atoms with van der Waals surface area (Å²) in [4.78, 5) is 29.1. The minimum absolute atomic E-state index is 0.00746. The Morgan fingerprint density at radius 1 is 1.26 bits per heavy atom. The van der Waals surface area contributed by atoms with Crippen molar-refractivity contribution < 1.29 is 18.8 Å². The van der Waals surface area contributed by atoms with E-state index in [1.807, 2.05) is 31.2 Å². The van der Waals surface area contributed by atoms with Crippen LogP contribution in [0.4, 0.5) is 5.69 Å². The number of rotatable bonds is 3. The van der Waals surface area contributed by atoms with Crippen LogP contribution in [0.25, 0.3) is 0 Å². The molecule has 4 rings (SSSR count). The Hall–Kier alpha value is -2.83. The summed E-state index contributed by atoms with van der Waals surface area (Å²) in [6.45, 7) is 2.35. The van der Waals surface area contributed by atoms with Gasteiger partial charge in [0.1, 0.15) is 12.3 Å². The van der Waals surface area contributed by atoms with Gasteiger partial charge in [-0.15, -0.1) is 0 Å². The quantitative estimate of drug-likeness (QED) is 0.831. The second kappa shape index (κ2) is 7.06. The lowest BCUT2D eigenvalue weighted by Crippen LogP contribution is -2.57. The summed E-state index contributed by atoms with van der Waals surface area (Å²) in [6, 6.07) is 7.26. The fraction of sp³-hybridized carbons (Fsp3) is 0.450. The van der Waals surface area contributed by atoms with Gasteiger partial charge in [-0.25, -0.2) is 0 Å². The molecular weight excluding hydrogens is 346 g/mol. The van der Waals surface area contributed by atoms with Crippen LogP contribution in [0.2, 0.25) is 0 Å². The summed E-state index contributed by atoms with van der Waals surface area (Å²) in [6.07, 6.45) is 3.76. The Bertz CT molecular complexity index is 876. The van der Waals surface area contributed by atoms with Crippen LogP contribution in [0.1, 0.15) is 41.6 Å². The Kier molecular flexibility index (Phi) is 4.59. The summed E-state index contributed by atoms with van der Waals surface area (Å²) in [5.41, 5.74) is 2.52. The van der Waals surface area contributed by atoms with Crippen LogP contribution in [0.3, 0.4) is 0 Å². The second-order valence-electron chi connectivity index (χ2n) is 7.10. The van der Waals surface area contributed by atoms with Crippen LogP contribution in [-0.2, 0) is 17.6 Å². The van der Waals surface area contributed by atoms with Crippen LogP contribution in [-0.4, -0.2) is 48.1 Å². The molecule has 2 heterocycles. The standard InChI is InChI=1S/C20H23N3O4/c1-13-11-23(16-9-5-6-10-17(16)26-2)18(24)12-22(13)20(25)19-14-7-3-4-8-15(14)21-27-19/h5-6,9-10,13H,3-4,7-8,11-12H2,1-2H3. The van der Waals surface area contributed by atoms with Crippen molar-refractivity contribution in [3.05, 3.63) is 41.3 Å². The molecule has 1 saturated heterocycles. The van der Waals surface area contributed by atoms with Gasteiger partial charge in [-0.05, 0) is 44.7 Å². The summed E-state index contributed by atoms with van der Waals surface area (Å²) < 4.78 is 10.8. The molecule has 0 radical (unpaired) electrons. The van der Waals surface area contributed by atoms with Crippen LogP contribution in [0.5, 0.6) is 5.75 Å². The molecule has 0 bridgehead atoms. The van der Waals surface area contributed by atoms with Gasteiger partial charge in [0.2, 0.25) is 11.7 Å².